The van der Waals surface area contributed by atoms with E-state index < -0.39 is 0 Å². The fraction of sp³-hybridized carbons (Fsp3) is 0.312. The van der Waals surface area contributed by atoms with Crippen LogP contribution in [0.2, 0.25) is 0 Å². The Hall–Kier alpha value is -3.23. The Morgan fingerprint density at radius 2 is 2.24 bits per heavy atom. The summed E-state index contributed by atoms with van der Waals surface area (Å²) in [4.78, 5) is 27.0. The van der Waals surface area contributed by atoms with Gasteiger partial charge in [0.2, 0.25) is 0 Å². The third kappa shape index (κ3) is 3.21. The van der Waals surface area contributed by atoms with Crippen LogP contribution >= 0.6 is 0 Å². The van der Waals surface area contributed by atoms with Gasteiger partial charge in [-0.1, -0.05) is 0 Å². The molecule has 0 spiro atoms. The molecular formula is C16H18N8O. The molecule has 4 heterocycles. The Morgan fingerprint density at radius 1 is 1.28 bits per heavy atom. The van der Waals surface area contributed by atoms with Gasteiger partial charge in [-0.15, -0.1) is 0 Å². The van der Waals surface area contributed by atoms with E-state index in [2.05, 4.69) is 25.4 Å². The molecular weight excluding hydrogens is 320 g/mol. The molecule has 1 aliphatic heterocycles. The highest BCUT2D eigenvalue weighted by Crippen LogP contribution is 2.22. The molecule has 1 N–H and O–H groups in total. The summed E-state index contributed by atoms with van der Waals surface area (Å²) in [7, 11) is 0. The van der Waals surface area contributed by atoms with Crippen molar-refractivity contribution in [2.75, 3.05) is 11.9 Å². The minimum Gasteiger partial charge on any atom is -0.335 e. The Bertz CT molecular complexity index is 830. The largest absolute Gasteiger partial charge is 0.335 e. The smallest absolute Gasteiger partial charge is 0.322 e. The molecule has 0 unspecified atom stereocenters. The standard InChI is InChI=1S/C16H18N8O/c25-16(23-7-2-3-13(23)9-22-8-6-17-11-22)21-14-4-1-5-19-15(14)24-12-18-10-20-24/h1,4-6,8,10-13H,2-3,7,9H2,(H,21,25)/t13-/m0/s1. The maximum atomic E-state index is 12.8. The average Bonchev–Trinajstić information content (AvgIpc) is 3.38. The molecule has 128 valence electrons. The summed E-state index contributed by atoms with van der Waals surface area (Å²) in [5.74, 6) is 0.540. The van der Waals surface area contributed by atoms with Gasteiger partial charge in [-0.3, -0.25) is 0 Å². The molecule has 1 fully saturated rings. The van der Waals surface area contributed by atoms with Gasteiger partial charge in [0.05, 0.1) is 18.1 Å². The molecule has 9 nitrogen and oxygen atoms in total. The first-order chi connectivity index (χ1) is 12.3. The molecule has 3 aromatic heterocycles. The van der Waals surface area contributed by atoms with Crippen molar-refractivity contribution in [3.63, 3.8) is 0 Å². The van der Waals surface area contributed by atoms with Crippen LogP contribution in [0.25, 0.3) is 5.82 Å². The molecule has 0 saturated carbocycles. The fourth-order valence-corrected chi connectivity index (χ4v) is 3.11. The molecule has 0 aromatic carbocycles. The second kappa shape index (κ2) is 6.71. The van der Waals surface area contributed by atoms with Crippen molar-refractivity contribution in [2.24, 2.45) is 0 Å². The van der Waals surface area contributed by atoms with Crippen molar-refractivity contribution in [3.8, 4) is 5.82 Å². The molecule has 1 saturated heterocycles. The molecule has 9 heteroatoms. The van der Waals surface area contributed by atoms with E-state index in [0.717, 1.165) is 25.9 Å². The highest BCUT2D eigenvalue weighted by Gasteiger charge is 2.29. The van der Waals surface area contributed by atoms with E-state index in [0.29, 0.717) is 11.5 Å². The third-order valence-corrected chi connectivity index (χ3v) is 4.28. The Balaban J connectivity index is 1.50. The Labute approximate surface area is 144 Å². The zero-order chi connectivity index (χ0) is 17.1. The zero-order valence-electron chi connectivity index (χ0n) is 13.6. The van der Waals surface area contributed by atoms with Crippen LogP contribution in [0.15, 0.2) is 49.7 Å². The number of likely N-dealkylation sites (tertiary alicyclic amines) is 1. The van der Waals surface area contributed by atoms with Gasteiger partial charge in [-0.25, -0.2) is 24.4 Å². The minimum absolute atomic E-state index is 0.128. The van der Waals surface area contributed by atoms with Crippen LogP contribution in [0, 0.1) is 0 Å². The highest BCUT2D eigenvalue weighted by atomic mass is 16.2. The van der Waals surface area contributed by atoms with Crippen molar-refractivity contribution in [3.05, 3.63) is 49.7 Å². The van der Waals surface area contributed by atoms with E-state index in [1.807, 2.05) is 21.7 Å². The van der Waals surface area contributed by atoms with E-state index in [1.54, 1.807) is 31.1 Å². The number of nitrogens with one attached hydrogen (secondary N) is 1. The zero-order valence-corrected chi connectivity index (χ0v) is 13.6. The van der Waals surface area contributed by atoms with Gasteiger partial charge in [0, 0.05) is 31.7 Å². The number of aromatic nitrogens is 6. The normalized spacial score (nSPS) is 17.0. The van der Waals surface area contributed by atoms with Crippen LogP contribution in [-0.2, 0) is 6.54 Å². The minimum atomic E-state index is -0.128. The fourth-order valence-electron chi connectivity index (χ4n) is 3.11. The van der Waals surface area contributed by atoms with Crippen molar-refractivity contribution in [1.29, 1.82) is 0 Å². The number of hydrogen-bond donors (Lipinski definition) is 1. The summed E-state index contributed by atoms with van der Waals surface area (Å²) in [5, 5.41) is 7.05. The van der Waals surface area contributed by atoms with Crippen molar-refractivity contribution >= 4 is 11.7 Å². The van der Waals surface area contributed by atoms with Gasteiger partial charge < -0.3 is 14.8 Å². The second-order valence-electron chi connectivity index (χ2n) is 5.89. The number of nitrogens with zero attached hydrogens (tertiary/aromatic N) is 7. The Kier molecular flexibility index (Phi) is 4.11. The van der Waals surface area contributed by atoms with Crippen molar-refractivity contribution in [1.82, 2.24) is 34.2 Å². The van der Waals surface area contributed by atoms with E-state index in [-0.39, 0.29) is 12.1 Å². The van der Waals surface area contributed by atoms with Crippen LogP contribution in [0.4, 0.5) is 10.5 Å². The van der Waals surface area contributed by atoms with Crippen LogP contribution in [0.3, 0.4) is 0 Å². The maximum absolute atomic E-state index is 12.8. The number of pyridine rings is 1. The van der Waals surface area contributed by atoms with Crippen LogP contribution in [0.1, 0.15) is 12.8 Å². The molecule has 4 rings (SSSR count). The predicted molar refractivity (Wildman–Crippen MR) is 90.1 cm³/mol. The van der Waals surface area contributed by atoms with Crippen molar-refractivity contribution in [2.45, 2.75) is 25.4 Å². The van der Waals surface area contributed by atoms with Gasteiger partial charge in [-0.2, -0.15) is 5.10 Å². The first-order valence-electron chi connectivity index (χ1n) is 8.14. The topological polar surface area (TPSA) is 93.8 Å². The summed E-state index contributed by atoms with van der Waals surface area (Å²) in [6.07, 6.45) is 12.1. The van der Waals surface area contributed by atoms with Crippen LogP contribution in [-0.4, -0.2) is 52.8 Å². The number of rotatable bonds is 4. The Morgan fingerprint density at radius 3 is 3.04 bits per heavy atom. The lowest BCUT2D eigenvalue weighted by atomic mass is 10.2. The lowest BCUT2D eigenvalue weighted by molar-refractivity contribution is 0.201. The molecule has 0 aliphatic carbocycles. The quantitative estimate of drug-likeness (QED) is 0.779. The van der Waals surface area contributed by atoms with E-state index in [1.165, 1.54) is 11.0 Å². The number of hydrogen-bond acceptors (Lipinski definition) is 5. The second-order valence-corrected chi connectivity index (χ2v) is 5.89. The number of urea groups is 1. The molecule has 0 radical (unpaired) electrons. The van der Waals surface area contributed by atoms with E-state index >= 15 is 0 Å². The van der Waals surface area contributed by atoms with Crippen LogP contribution in [0.5, 0.6) is 0 Å². The molecule has 2 amide bonds. The molecule has 1 atom stereocenters. The molecule has 25 heavy (non-hydrogen) atoms. The number of amides is 2. The highest BCUT2D eigenvalue weighted by molar-refractivity contribution is 5.91. The van der Waals surface area contributed by atoms with E-state index in [9.17, 15) is 4.79 Å². The van der Waals surface area contributed by atoms with Gasteiger partial charge in [0.25, 0.3) is 0 Å². The number of carbonyl (C=O) groups excluding carboxylic acids is 1. The molecule has 3 aromatic rings. The first kappa shape index (κ1) is 15.3. The summed E-state index contributed by atoms with van der Waals surface area (Å²) in [5.41, 5.74) is 0.603. The van der Waals surface area contributed by atoms with E-state index in [4.69, 9.17) is 0 Å². The average molecular weight is 338 g/mol. The summed E-state index contributed by atoms with van der Waals surface area (Å²) < 4.78 is 3.53. The monoisotopic (exact) mass is 338 g/mol. The van der Waals surface area contributed by atoms with Gasteiger partial charge in [-0.05, 0) is 25.0 Å². The SMILES string of the molecule is O=C(Nc1cccnc1-n1cncn1)N1CCC[C@H]1Cn1ccnc1. The van der Waals surface area contributed by atoms with Crippen molar-refractivity contribution < 1.29 is 4.79 Å². The van der Waals surface area contributed by atoms with Gasteiger partial charge >= 0.3 is 6.03 Å². The maximum Gasteiger partial charge on any atom is 0.322 e. The third-order valence-electron chi connectivity index (χ3n) is 4.28. The summed E-state index contributed by atoms with van der Waals surface area (Å²) in [6, 6.07) is 3.61. The predicted octanol–water partition coefficient (Wildman–Crippen LogP) is 1.56. The van der Waals surface area contributed by atoms with Gasteiger partial charge in [0.15, 0.2) is 5.82 Å². The van der Waals surface area contributed by atoms with Crippen LogP contribution < -0.4 is 5.32 Å². The molecule has 1 aliphatic rings. The first-order valence-corrected chi connectivity index (χ1v) is 8.14. The summed E-state index contributed by atoms with van der Waals surface area (Å²) in [6.45, 7) is 1.49. The van der Waals surface area contributed by atoms with Gasteiger partial charge in [0.1, 0.15) is 12.7 Å². The molecule has 0 bridgehead atoms. The number of carbonyl (C=O) groups is 1. The number of anilines is 1. The summed E-state index contributed by atoms with van der Waals surface area (Å²) >= 11 is 0. The lowest BCUT2D eigenvalue weighted by Crippen LogP contribution is -2.40. The number of imidazole rings is 1. The lowest BCUT2D eigenvalue weighted by Gasteiger charge is -2.25.